The van der Waals surface area contributed by atoms with E-state index < -0.39 is 5.76 Å². The summed E-state index contributed by atoms with van der Waals surface area (Å²) in [6, 6.07) is 3.87. The molecule has 2 aromatic heterocycles. The van der Waals surface area contributed by atoms with Crippen LogP contribution in [0.5, 0.6) is 0 Å². The molecule has 8 nitrogen and oxygen atoms in total. The molecule has 0 saturated carbocycles. The molecule has 1 aliphatic heterocycles. The summed E-state index contributed by atoms with van der Waals surface area (Å²) in [4.78, 5) is 29.8. The molecule has 2 aromatic rings. The molecule has 1 unspecified atom stereocenters. The lowest BCUT2D eigenvalue weighted by atomic mass is 9.97. The quantitative estimate of drug-likeness (QED) is 0.882. The lowest BCUT2D eigenvalue weighted by Crippen LogP contribution is -2.39. The molecule has 1 saturated heterocycles. The highest BCUT2D eigenvalue weighted by molar-refractivity contribution is 5.94. The van der Waals surface area contributed by atoms with Crippen molar-refractivity contribution in [1.82, 2.24) is 20.1 Å². The average molecular weight is 331 g/mol. The summed E-state index contributed by atoms with van der Waals surface area (Å²) >= 11 is 0. The van der Waals surface area contributed by atoms with E-state index in [0.717, 1.165) is 18.7 Å². The van der Waals surface area contributed by atoms with Crippen LogP contribution in [0, 0.1) is 0 Å². The van der Waals surface area contributed by atoms with Crippen molar-refractivity contribution >= 4 is 11.7 Å². The van der Waals surface area contributed by atoms with Crippen LogP contribution in [0.25, 0.3) is 0 Å². The highest BCUT2D eigenvalue weighted by Gasteiger charge is 2.28. The van der Waals surface area contributed by atoms with Crippen molar-refractivity contribution in [3.63, 3.8) is 0 Å². The summed E-state index contributed by atoms with van der Waals surface area (Å²) in [7, 11) is 0. The van der Waals surface area contributed by atoms with Gasteiger partial charge in [-0.3, -0.25) is 4.79 Å². The van der Waals surface area contributed by atoms with Crippen LogP contribution in [-0.2, 0) is 0 Å². The van der Waals surface area contributed by atoms with E-state index in [9.17, 15) is 9.59 Å². The molecule has 0 spiro atoms. The van der Waals surface area contributed by atoms with E-state index in [-0.39, 0.29) is 17.9 Å². The van der Waals surface area contributed by atoms with Crippen molar-refractivity contribution in [3.8, 4) is 0 Å². The number of nitrogens with zero attached hydrogens (tertiary/aromatic N) is 3. The summed E-state index contributed by atoms with van der Waals surface area (Å²) in [6.45, 7) is 5.22. The molecular weight excluding hydrogens is 310 g/mol. The van der Waals surface area contributed by atoms with Gasteiger partial charge in [0.25, 0.3) is 5.91 Å². The number of likely N-dealkylation sites (tertiary alicyclic amines) is 1. The number of nitrogens with one attached hydrogen (secondary N) is 2. The SMILES string of the molecule is CC(C)Nc1ccc(C(=O)N2CCCC(c3n[nH]c(=O)o3)C2)cn1. The van der Waals surface area contributed by atoms with Crippen LogP contribution in [0.2, 0.25) is 0 Å². The predicted molar refractivity (Wildman–Crippen MR) is 88.0 cm³/mol. The zero-order chi connectivity index (χ0) is 17.1. The molecule has 0 radical (unpaired) electrons. The number of hydrogen-bond donors (Lipinski definition) is 2. The molecule has 1 fully saturated rings. The molecule has 0 aliphatic carbocycles. The number of carbonyl (C=O) groups excluding carboxylic acids is 1. The third kappa shape index (κ3) is 3.64. The van der Waals surface area contributed by atoms with Gasteiger partial charge in [0.15, 0.2) is 0 Å². The molecule has 1 aliphatic rings. The number of hydrogen-bond acceptors (Lipinski definition) is 6. The van der Waals surface area contributed by atoms with Crippen LogP contribution in [0.15, 0.2) is 27.5 Å². The molecule has 0 bridgehead atoms. The highest BCUT2D eigenvalue weighted by atomic mass is 16.4. The van der Waals surface area contributed by atoms with Crippen molar-refractivity contribution in [2.75, 3.05) is 18.4 Å². The van der Waals surface area contributed by atoms with Gasteiger partial charge in [-0.25, -0.2) is 14.9 Å². The topological polar surface area (TPSA) is 104 Å². The molecular formula is C16H21N5O3. The first-order valence-electron chi connectivity index (χ1n) is 8.10. The van der Waals surface area contributed by atoms with Crippen molar-refractivity contribution in [1.29, 1.82) is 0 Å². The molecule has 1 atom stereocenters. The summed E-state index contributed by atoms with van der Waals surface area (Å²) in [6.07, 6.45) is 3.27. The Morgan fingerprint density at radius 2 is 2.29 bits per heavy atom. The first kappa shape index (κ1) is 16.2. The Morgan fingerprint density at radius 1 is 1.46 bits per heavy atom. The van der Waals surface area contributed by atoms with Crippen LogP contribution >= 0.6 is 0 Å². The Morgan fingerprint density at radius 3 is 2.92 bits per heavy atom. The van der Waals surface area contributed by atoms with Crippen molar-refractivity contribution in [2.24, 2.45) is 0 Å². The minimum absolute atomic E-state index is 0.0588. The van der Waals surface area contributed by atoms with Gasteiger partial charge in [0.05, 0.1) is 11.5 Å². The number of H-pyrrole nitrogens is 1. The minimum atomic E-state index is -0.564. The van der Waals surface area contributed by atoms with Crippen LogP contribution in [-0.4, -0.2) is 45.1 Å². The zero-order valence-electron chi connectivity index (χ0n) is 13.8. The summed E-state index contributed by atoms with van der Waals surface area (Å²) < 4.78 is 5.03. The Bertz CT molecular complexity index is 750. The van der Waals surface area contributed by atoms with Crippen molar-refractivity contribution < 1.29 is 9.21 Å². The van der Waals surface area contributed by atoms with Crippen LogP contribution in [0.4, 0.5) is 5.82 Å². The van der Waals surface area contributed by atoms with E-state index in [1.807, 2.05) is 13.8 Å². The second kappa shape index (κ2) is 6.86. The number of aromatic amines is 1. The van der Waals surface area contributed by atoms with Gasteiger partial charge in [0.1, 0.15) is 5.82 Å². The standard InChI is InChI=1S/C16H21N5O3/c1-10(2)18-13-6-5-11(8-17-13)15(22)21-7-3-4-12(9-21)14-19-20-16(23)24-14/h5-6,8,10,12H,3-4,7,9H2,1-2H3,(H,17,18)(H,20,23). The summed E-state index contributed by atoms with van der Waals surface area (Å²) in [5, 5.41) is 9.34. The maximum atomic E-state index is 12.7. The maximum Gasteiger partial charge on any atom is 0.434 e. The van der Waals surface area contributed by atoms with Gasteiger partial charge < -0.3 is 14.6 Å². The zero-order valence-corrected chi connectivity index (χ0v) is 13.8. The van der Waals surface area contributed by atoms with Gasteiger partial charge in [-0.1, -0.05) is 0 Å². The van der Waals surface area contributed by atoms with Gasteiger partial charge in [-0.2, -0.15) is 0 Å². The lowest BCUT2D eigenvalue weighted by Gasteiger charge is -2.31. The monoisotopic (exact) mass is 331 g/mol. The Kier molecular flexibility index (Phi) is 4.64. The van der Waals surface area contributed by atoms with Gasteiger partial charge in [-0.15, -0.1) is 5.10 Å². The van der Waals surface area contributed by atoms with Crippen molar-refractivity contribution in [2.45, 2.75) is 38.6 Å². The molecule has 2 N–H and O–H groups in total. The Balaban J connectivity index is 1.69. The molecule has 8 heteroatoms. The predicted octanol–water partition coefficient (Wildman–Crippen LogP) is 1.60. The van der Waals surface area contributed by atoms with Gasteiger partial charge >= 0.3 is 5.76 Å². The van der Waals surface area contributed by atoms with Crippen LogP contribution in [0.1, 0.15) is 48.9 Å². The molecule has 24 heavy (non-hydrogen) atoms. The Labute approximate surface area is 139 Å². The number of amides is 1. The van der Waals surface area contributed by atoms with Gasteiger partial charge in [-0.05, 0) is 38.8 Å². The minimum Gasteiger partial charge on any atom is -0.392 e. The first-order chi connectivity index (χ1) is 11.5. The third-order valence-electron chi connectivity index (χ3n) is 3.96. The fourth-order valence-electron chi connectivity index (χ4n) is 2.86. The third-order valence-corrected chi connectivity index (χ3v) is 3.96. The molecule has 3 heterocycles. The van der Waals surface area contributed by atoms with E-state index in [4.69, 9.17) is 4.42 Å². The summed E-state index contributed by atoms with van der Waals surface area (Å²) in [5.41, 5.74) is 0.549. The maximum absolute atomic E-state index is 12.7. The highest BCUT2D eigenvalue weighted by Crippen LogP contribution is 2.25. The summed E-state index contributed by atoms with van der Waals surface area (Å²) in [5.74, 6) is 0.423. The first-order valence-corrected chi connectivity index (χ1v) is 8.10. The van der Waals surface area contributed by atoms with E-state index in [2.05, 4.69) is 20.5 Å². The van der Waals surface area contributed by atoms with Crippen molar-refractivity contribution in [3.05, 3.63) is 40.3 Å². The fourth-order valence-corrected chi connectivity index (χ4v) is 2.86. The number of aromatic nitrogens is 3. The average Bonchev–Trinajstić information content (AvgIpc) is 3.01. The van der Waals surface area contributed by atoms with Crippen LogP contribution in [0.3, 0.4) is 0 Å². The van der Waals surface area contributed by atoms with E-state index in [0.29, 0.717) is 24.5 Å². The molecule has 3 rings (SSSR count). The number of rotatable bonds is 4. The number of pyridine rings is 1. The number of anilines is 1. The van der Waals surface area contributed by atoms with E-state index >= 15 is 0 Å². The number of piperidine rings is 1. The molecule has 1 amide bonds. The molecule has 0 aromatic carbocycles. The molecule has 128 valence electrons. The Hall–Kier alpha value is -2.64. The second-order valence-electron chi connectivity index (χ2n) is 6.27. The fraction of sp³-hybridized carbons (Fsp3) is 0.500. The van der Waals surface area contributed by atoms with E-state index in [1.54, 1.807) is 23.2 Å². The van der Waals surface area contributed by atoms with Crippen LogP contribution < -0.4 is 11.1 Å². The lowest BCUT2D eigenvalue weighted by molar-refractivity contribution is 0.0697. The second-order valence-corrected chi connectivity index (χ2v) is 6.27. The normalized spacial score (nSPS) is 18.0. The largest absolute Gasteiger partial charge is 0.434 e. The van der Waals surface area contributed by atoms with Gasteiger partial charge in [0, 0.05) is 25.3 Å². The van der Waals surface area contributed by atoms with Gasteiger partial charge in [0.2, 0.25) is 5.89 Å². The van der Waals surface area contributed by atoms with E-state index in [1.165, 1.54) is 0 Å². The number of carbonyl (C=O) groups is 1. The smallest absolute Gasteiger partial charge is 0.392 e.